The van der Waals surface area contributed by atoms with E-state index in [-0.39, 0.29) is 28.9 Å². The van der Waals surface area contributed by atoms with Gasteiger partial charge in [0.25, 0.3) is 0 Å². The number of carbonyl (C=O) groups is 1. The van der Waals surface area contributed by atoms with Crippen molar-refractivity contribution in [2.24, 2.45) is 0 Å². The summed E-state index contributed by atoms with van der Waals surface area (Å²) in [5.74, 6) is 0.300. The maximum Gasteiger partial charge on any atom is 0.233 e. The Kier molecular flexibility index (Phi) is 4.86. The van der Waals surface area contributed by atoms with Crippen LogP contribution >= 0.6 is 0 Å². The SMILES string of the molecule is O=C(CCS(=O)(=O)c1ccccc1)N1CC(c2nc(-c3cnccn3)no2)C1. The van der Waals surface area contributed by atoms with Gasteiger partial charge in [-0.2, -0.15) is 4.98 Å². The molecule has 0 bridgehead atoms. The lowest BCUT2D eigenvalue weighted by molar-refractivity contribution is -0.135. The van der Waals surface area contributed by atoms with Gasteiger partial charge in [-0.05, 0) is 12.1 Å². The molecule has 0 spiro atoms. The highest BCUT2D eigenvalue weighted by molar-refractivity contribution is 7.91. The molecule has 9 nitrogen and oxygen atoms in total. The summed E-state index contributed by atoms with van der Waals surface area (Å²) >= 11 is 0. The van der Waals surface area contributed by atoms with Crippen molar-refractivity contribution in [1.29, 1.82) is 0 Å². The van der Waals surface area contributed by atoms with E-state index in [2.05, 4.69) is 20.1 Å². The fourth-order valence-electron chi connectivity index (χ4n) is 2.88. The Morgan fingerprint density at radius 2 is 1.96 bits per heavy atom. The van der Waals surface area contributed by atoms with E-state index in [1.807, 2.05) is 0 Å². The van der Waals surface area contributed by atoms with Gasteiger partial charge in [0.2, 0.25) is 17.6 Å². The van der Waals surface area contributed by atoms with Gasteiger partial charge in [0.05, 0.1) is 22.8 Å². The Hall–Kier alpha value is -3.14. The van der Waals surface area contributed by atoms with E-state index in [1.54, 1.807) is 41.7 Å². The second kappa shape index (κ2) is 7.47. The molecule has 0 N–H and O–H groups in total. The maximum absolute atomic E-state index is 12.3. The van der Waals surface area contributed by atoms with Gasteiger partial charge in [0.1, 0.15) is 5.69 Å². The number of amides is 1. The Labute approximate surface area is 161 Å². The van der Waals surface area contributed by atoms with Crippen molar-refractivity contribution in [2.75, 3.05) is 18.8 Å². The van der Waals surface area contributed by atoms with Crippen LogP contribution in [0.15, 0.2) is 58.3 Å². The van der Waals surface area contributed by atoms with Crippen molar-refractivity contribution in [3.05, 3.63) is 54.8 Å². The normalized spacial score (nSPS) is 14.6. The molecule has 10 heteroatoms. The molecule has 144 valence electrons. The van der Waals surface area contributed by atoms with Crippen LogP contribution < -0.4 is 0 Å². The first-order chi connectivity index (χ1) is 13.5. The van der Waals surface area contributed by atoms with Gasteiger partial charge >= 0.3 is 0 Å². The number of rotatable bonds is 6. The van der Waals surface area contributed by atoms with Gasteiger partial charge in [-0.1, -0.05) is 23.4 Å². The highest BCUT2D eigenvalue weighted by Gasteiger charge is 2.36. The number of carbonyl (C=O) groups excluding carboxylic acids is 1. The van der Waals surface area contributed by atoms with Crippen LogP contribution in [0.3, 0.4) is 0 Å². The maximum atomic E-state index is 12.3. The van der Waals surface area contributed by atoms with Gasteiger partial charge in [0, 0.05) is 31.9 Å². The van der Waals surface area contributed by atoms with Crippen molar-refractivity contribution in [1.82, 2.24) is 25.0 Å². The quantitative estimate of drug-likeness (QED) is 0.609. The average molecular weight is 399 g/mol. The summed E-state index contributed by atoms with van der Waals surface area (Å²) in [6.07, 6.45) is 4.58. The molecule has 0 unspecified atom stereocenters. The van der Waals surface area contributed by atoms with Crippen molar-refractivity contribution in [3.63, 3.8) is 0 Å². The molecule has 0 radical (unpaired) electrons. The molecule has 1 aliphatic rings. The minimum atomic E-state index is -3.47. The van der Waals surface area contributed by atoms with E-state index in [0.29, 0.717) is 30.5 Å². The second-order valence-corrected chi connectivity index (χ2v) is 8.53. The Morgan fingerprint density at radius 1 is 1.18 bits per heavy atom. The van der Waals surface area contributed by atoms with Gasteiger partial charge in [-0.3, -0.25) is 9.78 Å². The molecular formula is C18H17N5O4S. The fraction of sp³-hybridized carbons (Fsp3) is 0.278. The third-order valence-corrected chi connectivity index (χ3v) is 6.24. The molecule has 1 aliphatic heterocycles. The van der Waals surface area contributed by atoms with Crippen molar-refractivity contribution >= 4 is 15.7 Å². The first-order valence-corrected chi connectivity index (χ1v) is 10.3. The van der Waals surface area contributed by atoms with Crippen LogP contribution in [0.5, 0.6) is 0 Å². The average Bonchev–Trinajstić information content (AvgIpc) is 3.16. The first-order valence-electron chi connectivity index (χ1n) is 8.68. The Balaban J connectivity index is 1.31. The minimum Gasteiger partial charge on any atom is -0.341 e. The summed E-state index contributed by atoms with van der Waals surface area (Å²) in [6.45, 7) is 0.846. The van der Waals surface area contributed by atoms with Crippen LogP contribution in [-0.2, 0) is 14.6 Å². The van der Waals surface area contributed by atoms with Crippen LogP contribution in [0, 0.1) is 0 Å². The third kappa shape index (κ3) is 3.77. The molecule has 1 fully saturated rings. The summed E-state index contributed by atoms with van der Waals surface area (Å²) in [5, 5.41) is 3.89. The van der Waals surface area contributed by atoms with Gasteiger partial charge in [0.15, 0.2) is 9.84 Å². The summed E-state index contributed by atoms with van der Waals surface area (Å²) in [7, 11) is -3.47. The van der Waals surface area contributed by atoms with E-state index in [1.165, 1.54) is 12.1 Å². The summed E-state index contributed by atoms with van der Waals surface area (Å²) in [6, 6.07) is 8.13. The van der Waals surface area contributed by atoms with Gasteiger partial charge < -0.3 is 9.42 Å². The summed E-state index contributed by atoms with van der Waals surface area (Å²) in [4.78, 5) is 26.5. The topological polar surface area (TPSA) is 119 Å². The molecule has 0 saturated carbocycles. The summed E-state index contributed by atoms with van der Waals surface area (Å²) in [5.41, 5.74) is 0.510. The fourth-order valence-corrected chi connectivity index (χ4v) is 4.13. The standard InChI is InChI=1S/C18H17N5O4S/c24-16(6-9-28(25,26)14-4-2-1-3-5-14)23-11-13(12-23)18-21-17(22-27-18)15-10-19-7-8-20-15/h1-5,7-8,10,13H,6,9,11-12H2. The van der Waals surface area contributed by atoms with Crippen molar-refractivity contribution in [3.8, 4) is 11.5 Å². The molecule has 0 atom stereocenters. The Bertz CT molecular complexity index is 1060. The monoisotopic (exact) mass is 399 g/mol. The molecule has 4 rings (SSSR count). The summed E-state index contributed by atoms with van der Waals surface area (Å²) < 4.78 is 29.8. The van der Waals surface area contributed by atoms with E-state index in [4.69, 9.17) is 4.52 Å². The number of hydrogen-bond donors (Lipinski definition) is 0. The third-order valence-electron chi connectivity index (χ3n) is 4.50. The van der Waals surface area contributed by atoms with Crippen LogP contribution in [0.1, 0.15) is 18.2 Å². The second-order valence-electron chi connectivity index (χ2n) is 6.42. The van der Waals surface area contributed by atoms with E-state index < -0.39 is 9.84 Å². The van der Waals surface area contributed by atoms with E-state index >= 15 is 0 Å². The zero-order valence-corrected chi connectivity index (χ0v) is 15.6. The number of hydrogen-bond acceptors (Lipinski definition) is 8. The number of nitrogens with zero attached hydrogens (tertiary/aromatic N) is 5. The molecule has 1 aromatic carbocycles. The predicted molar refractivity (Wildman–Crippen MR) is 97.8 cm³/mol. The molecule has 0 aliphatic carbocycles. The van der Waals surface area contributed by atoms with Crippen LogP contribution in [-0.4, -0.2) is 58.2 Å². The Morgan fingerprint density at radius 3 is 2.68 bits per heavy atom. The lowest BCUT2D eigenvalue weighted by Crippen LogP contribution is -2.48. The van der Waals surface area contributed by atoms with Crippen molar-refractivity contribution < 1.29 is 17.7 Å². The zero-order valence-electron chi connectivity index (χ0n) is 14.8. The molecule has 28 heavy (non-hydrogen) atoms. The molecule has 1 amide bonds. The van der Waals surface area contributed by atoms with Gasteiger partial charge in [-0.25, -0.2) is 13.4 Å². The van der Waals surface area contributed by atoms with Gasteiger partial charge in [-0.15, -0.1) is 0 Å². The zero-order chi connectivity index (χ0) is 19.6. The predicted octanol–water partition coefficient (Wildman–Crippen LogP) is 1.32. The highest BCUT2D eigenvalue weighted by atomic mass is 32.2. The van der Waals surface area contributed by atoms with E-state index in [9.17, 15) is 13.2 Å². The van der Waals surface area contributed by atoms with Crippen LogP contribution in [0.2, 0.25) is 0 Å². The molecule has 1 saturated heterocycles. The molecule has 3 aromatic rings. The number of benzene rings is 1. The van der Waals surface area contributed by atoms with Crippen molar-refractivity contribution in [2.45, 2.75) is 17.2 Å². The largest absolute Gasteiger partial charge is 0.341 e. The molecule has 2 aromatic heterocycles. The lowest BCUT2D eigenvalue weighted by Gasteiger charge is -2.37. The first kappa shape index (κ1) is 18.2. The molecule has 3 heterocycles. The smallest absolute Gasteiger partial charge is 0.233 e. The number of sulfone groups is 1. The highest BCUT2D eigenvalue weighted by Crippen LogP contribution is 2.27. The number of aromatic nitrogens is 4. The number of likely N-dealkylation sites (tertiary alicyclic amines) is 1. The minimum absolute atomic E-state index is 0.0569. The lowest BCUT2D eigenvalue weighted by atomic mass is 10.00. The van der Waals surface area contributed by atoms with Crippen LogP contribution in [0.25, 0.3) is 11.5 Å². The van der Waals surface area contributed by atoms with E-state index in [0.717, 1.165) is 0 Å². The molecular weight excluding hydrogens is 382 g/mol. The van der Waals surface area contributed by atoms with Crippen LogP contribution in [0.4, 0.5) is 0 Å².